The van der Waals surface area contributed by atoms with Gasteiger partial charge in [0.2, 0.25) is 53.2 Å². The van der Waals surface area contributed by atoms with E-state index in [-0.39, 0.29) is 55.8 Å². The van der Waals surface area contributed by atoms with Gasteiger partial charge in [-0.1, -0.05) is 109 Å². The Morgan fingerprint density at radius 2 is 1.25 bits per heavy atom. The van der Waals surface area contributed by atoms with E-state index in [9.17, 15) is 47.9 Å². The molecule has 8 atom stereocenters. The quantitative estimate of drug-likeness (QED) is 0.0759. The molecular formula is C57H88N12O10S2. The third-order valence-corrected chi connectivity index (χ3v) is 16.3. The summed E-state index contributed by atoms with van der Waals surface area (Å²) in [6.45, 7) is 16.5. The highest BCUT2D eigenvalue weighted by Crippen LogP contribution is 2.25. The normalized spacial score (nSPS) is 22.7. The molecular weight excluding hydrogens is 1080 g/mol. The molecule has 2 aromatic rings. The molecule has 2 fully saturated rings. The van der Waals surface area contributed by atoms with Crippen LogP contribution < -0.4 is 53.2 Å². The third kappa shape index (κ3) is 23.4. The minimum atomic E-state index is -1.55. The van der Waals surface area contributed by atoms with Crippen molar-refractivity contribution >= 4 is 80.5 Å². The van der Waals surface area contributed by atoms with Gasteiger partial charge in [-0.15, -0.1) is 0 Å². The van der Waals surface area contributed by atoms with E-state index in [1.54, 1.807) is 45.0 Å². The minimum absolute atomic E-state index is 0.000225. The van der Waals surface area contributed by atoms with Gasteiger partial charge in [0.1, 0.15) is 48.1 Å². The monoisotopic (exact) mass is 1160 g/mol. The number of ketones is 1. The van der Waals surface area contributed by atoms with Crippen molar-refractivity contribution in [2.45, 2.75) is 142 Å². The van der Waals surface area contributed by atoms with Crippen LogP contribution in [0.3, 0.4) is 0 Å². The van der Waals surface area contributed by atoms with Crippen molar-refractivity contribution in [1.29, 1.82) is 0 Å². The Kier molecular flexibility index (Phi) is 28.6. The Morgan fingerprint density at radius 3 is 1.79 bits per heavy atom. The summed E-state index contributed by atoms with van der Waals surface area (Å²) in [6, 6.07) is 5.60. The molecule has 2 heterocycles. The van der Waals surface area contributed by atoms with Crippen molar-refractivity contribution in [2.24, 2.45) is 11.8 Å². The largest absolute Gasteiger partial charge is 0.351 e. The van der Waals surface area contributed by atoms with Crippen LogP contribution in [-0.4, -0.2) is 188 Å². The summed E-state index contributed by atoms with van der Waals surface area (Å²) in [5.74, 6) is -6.34. The number of carbonyl (C=O) groups excluding carboxylic acids is 10. The molecule has 0 saturated carbocycles. The summed E-state index contributed by atoms with van der Waals surface area (Å²) in [5, 5.41) is 28.4. The zero-order chi connectivity index (χ0) is 59.8. The molecule has 0 aliphatic carbocycles. The van der Waals surface area contributed by atoms with Crippen LogP contribution in [0.5, 0.6) is 0 Å². The Morgan fingerprint density at radius 1 is 0.704 bits per heavy atom. The average molecular weight is 1170 g/mol. The summed E-state index contributed by atoms with van der Waals surface area (Å²) < 4.78 is 0. The highest BCUT2D eigenvalue weighted by Gasteiger charge is 2.40. The van der Waals surface area contributed by atoms with Gasteiger partial charge in [0.15, 0.2) is 0 Å². The molecule has 24 heteroatoms. The lowest BCUT2D eigenvalue weighted by molar-refractivity contribution is -0.142. The van der Waals surface area contributed by atoms with Crippen LogP contribution in [0.2, 0.25) is 0 Å². The lowest BCUT2D eigenvalue weighted by atomic mass is 10.0. The van der Waals surface area contributed by atoms with Crippen molar-refractivity contribution in [3.8, 4) is 0 Å². The Bertz CT molecular complexity index is 2440. The number of Topliss-reactive ketones (excluding diaryl/α,β-unsaturated/α-hetero) is 1. The number of hydrogen-bond acceptors (Lipinski definition) is 15. The second-order valence-corrected chi connectivity index (χ2v) is 24.5. The number of aryl methyl sites for hydroxylation is 2. The number of rotatable bonds is 21. The van der Waals surface area contributed by atoms with Crippen molar-refractivity contribution in [3.63, 3.8) is 0 Å². The van der Waals surface area contributed by atoms with Gasteiger partial charge in [-0.05, 0) is 84.0 Å². The maximum atomic E-state index is 14.6. The third-order valence-electron chi connectivity index (χ3n) is 13.8. The minimum Gasteiger partial charge on any atom is -0.351 e. The fourth-order valence-electron chi connectivity index (χ4n) is 9.24. The Hall–Kier alpha value is -6.08. The van der Waals surface area contributed by atoms with E-state index in [0.717, 1.165) is 11.1 Å². The molecule has 2 aromatic carbocycles. The Balaban J connectivity index is 1.70. The molecule has 0 radical (unpaired) electrons. The van der Waals surface area contributed by atoms with Crippen LogP contribution in [0.1, 0.15) is 89.5 Å². The fraction of sp³-hybridized carbons (Fsp3) is 0.614. The van der Waals surface area contributed by atoms with Crippen molar-refractivity contribution < 1.29 is 47.9 Å². The lowest BCUT2D eigenvalue weighted by Crippen LogP contribution is -2.60. The summed E-state index contributed by atoms with van der Waals surface area (Å²) in [7, 11) is 6.14. The SMILES string of the molecule is CNCCN(CCNC)CC(=O)NC(CC(C)C)C(=O)N1CCCC1C(=O)NC1CSSCC(C)NC(=O)C(C(C)C)NC(=O)CNC(=O)C(Cc2ccc(C)cc2)NC(=O)C(Cc2ccc(C)cc2)NC(=O)C(CC(C)=O)NC1=O. The molecule has 4 rings (SSSR count). The van der Waals surface area contributed by atoms with Crippen molar-refractivity contribution in [3.05, 3.63) is 70.8 Å². The van der Waals surface area contributed by atoms with E-state index in [2.05, 4.69) is 53.2 Å². The second kappa shape index (κ2) is 34.4. The first kappa shape index (κ1) is 67.4. The summed E-state index contributed by atoms with van der Waals surface area (Å²) in [5.41, 5.74) is 3.22. The van der Waals surface area contributed by atoms with Gasteiger partial charge in [-0.25, -0.2) is 0 Å². The molecule has 448 valence electrons. The van der Waals surface area contributed by atoms with E-state index in [0.29, 0.717) is 55.9 Å². The molecule has 0 bridgehead atoms. The van der Waals surface area contributed by atoms with Crippen molar-refractivity contribution in [1.82, 2.24) is 63.0 Å². The van der Waals surface area contributed by atoms with E-state index in [1.165, 1.54) is 33.4 Å². The molecule has 22 nitrogen and oxygen atoms in total. The smallest absolute Gasteiger partial charge is 0.245 e. The summed E-state index contributed by atoms with van der Waals surface area (Å²) >= 11 is 0. The molecule has 8 unspecified atom stereocenters. The first-order chi connectivity index (χ1) is 38.5. The van der Waals surface area contributed by atoms with Gasteiger partial charge in [0.05, 0.1) is 13.1 Å². The van der Waals surface area contributed by atoms with Gasteiger partial charge in [0.25, 0.3) is 0 Å². The van der Waals surface area contributed by atoms with E-state index < -0.39 is 114 Å². The second-order valence-electron chi connectivity index (χ2n) is 21.9. The summed E-state index contributed by atoms with van der Waals surface area (Å²) in [4.78, 5) is 144. The van der Waals surface area contributed by atoms with Crippen LogP contribution in [0, 0.1) is 25.7 Å². The molecule has 81 heavy (non-hydrogen) atoms. The lowest BCUT2D eigenvalue weighted by Gasteiger charge is -2.31. The maximum absolute atomic E-state index is 14.6. The number of hydrogen-bond donors (Lipinski definition) is 10. The van der Waals surface area contributed by atoms with Crippen LogP contribution >= 0.6 is 21.6 Å². The van der Waals surface area contributed by atoms with Crippen LogP contribution in [-0.2, 0) is 60.8 Å². The van der Waals surface area contributed by atoms with Gasteiger partial charge >= 0.3 is 0 Å². The van der Waals surface area contributed by atoms with E-state index in [1.807, 2.05) is 71.0 Å². The number of amides is 9. The number of benzene rings is 2. The number of likely N-dealkylation sites (tertiary alicyclic amines) is 1. The molecule has 10 N–H and O–H groups in total. The number of likely N-dealkylation sites (N-methyl/N-ethyl adjacent to an activating group) is 2. The van der Waals surface area contributed by atoms with Gasteiger partial charge in [-0.2, -0.15) is 0 Å². The Labute approximate surface area is 485 Å². The van der Waals surface area contributed by atoms with Crippen molar-refractivity contribution in [2.75, 3.05) is 71.4 Å². The number of nitrogens with one attached hydrogen (secondary N) is 10. The average Bonchev–Trinajstić information content (AvgIpc) is 3.97. The predicted octanol–water partition coefficient (Wildman–Crippen LogP) is 0.426. The van der Waals surface area contributed by atoms with Gasteiger partial charge in [0, 0.05) is 69.5 Å². The first-order valence-electron chi connectivity index (χ1n) is 28.0. The van der Waals surface area contributed by atoms with E-state index in [4.69, 9.17) is 0 Å². The van der Waals surface area contributed by atoms with Crippen LogP contribution in [0.15, 0.2) is 48.5 Å². The number of nitrogens with zero attached hydrogens (tertiary/aromatic N) is 2. The zero-order valence-corrected chi connectivity index (χ0v) is 50.4. The molecule has 2 saturated heterocycles. The molecule has 0 spiro atoms. The predicted molar refractivity (Wildman–Crippen MR) is 316 cm³/mol. The van der Waals surface area contributed by atoms with Crippen LogP contribution in [0.25, 0.3) is 0 Å². The standard InChI is InChI=1S/C57H88N12O10S2/c1-34(2)26-45(62-49(72)31-68(24-21-58-9)25-22-59-10)57(79)69-23-11-12-47(69)55(77)66-46-33-81-80-32-38(7)61-56(78)50(35(3)4)67-48(71)30-60-51(73)43(28-40-17-13-36(5)14-18-40)64-53(75)44(29-41-19-15-37(6)16-20-41)65-52(74)42(27-39(8)70)63-54(46)76/h13-20,34-35,38,42-47,50,58-59H,11-12,21-33H2,1-10H3,(H,60,73)(H,61,78)(H,62,72)(H,63,76)(H,64,75)(H,65,74)(H,66,77)(H,67,71). The molecule has 2 aliphatic heterocycles. The highest BCUT2D eigenvalue weighted by molar-refractivity contribution is 8.76. The number of carbonyl (C=O) groups is 10. The molecule has 2 aliphatic rings. The van der Waals surface area contributed by atoms with Crippen LogP contribution in [0.4, 0.5) is 0 Å². The maximum Gasteiger partial charge on any atom is 0.245 e. The summed E-state index contributed by atoms with van der Waals surface area (Å²) in [6.07, 6.45) is 0.458. The van der Waals surface area contributed by atoms with Gasteiger partial charge < -0.3 is 58.1 Å². The first-order valence-corrected chi connectivity index (χ1v) is 30.5. The molecule has 9 amide bonds. The topological polar surface area (TPSA) is 297 Å². The fourth-order valence-corrected chi connectivity index (χ4v) is 11.7. The highest BCUT2D eigenvalue weighted by atomic mass is 33.1. The van der Waals surface area contributed by atoms with E-state index >= 15 is 0 Å². The zero-order valence-electron chi connectivity index (χ0n) is 48.8. The van der Waals surface area contributed by atoms with Gasteiger partial charge in [-0.3, -0.25) is 52.8 Å². The molecule has 0 aromatic heterocycles.